The van der Waals surface area contributed by atoms with Crippen molar-refractivity contribution in [2.24, 2.45) is 0 Å². The highest BCUT2D eigenvalue weighted by atomic mass is 19.4. The van der Waals surface area contributed by atoms with Gasteiger partial charge in [-0.15, -0.1) is 13.2 Å². The van der Waals surface area contributed by atoms with Crippen LogP contribution in [0.1, 0.15) is 16.2 Å². The number of halogens is 6. The van der Waals surface area contributed by atoms with Crippen molar-refractivity contribution in [3.63, 3.8) is 0 Å². The number of fused-ring (bicyclic) bond motifs is 1. The summed E-state index contributed by atoms with van der Waals surface area (Å²) in [6, 6.07) is 6.94. The molecule has 0 radical (unpaired) electrons. The highest BCUT2D eigenvalue weighted by Crippen LogP contribution is 2.34. The SMILES string of the molecule is O=C(Nc1ccnc(C(F)(F)F)c1)c1cnc(-c2cccc3c(=O)[nH]ccc23)n1C(F)(F)F. The average Bonchev–Trinajstić information content (AvgIpc) is 3.19. The molecule has 0 unspecified atom stereocenters. The molecule has 3 aromatic heterocycles. The number of rotatable bonds is 3. The molecule has 4 aromatic rings. The number of benzene rings is 1. The molecule has 0 saturated carbocycles. The maximum Gasteiger partial charge on any atom is 0.490 e. The molecule has 3 heterocycles. The Morgan fingerprint density at radius 2 is 1.76 bits per heavy atom. The van der Waals surface area contributed by atoms with E-state index in [9.17, 15) is 35.9 Å². The van der Waals surface area contributed by atoms with Crippen LogP contribution in [-0.2, 0) is 12.5 Å². The highest BCUT2D eigenvalue weighted by Gasteiger charge is 2.39. The number of anilines is 1. The van der Waals surface area contributed by atoms with E-state index < -0.39 is 46.8 Å². The molecule has 170 valence electrons. The largest absolute Gasteiger partial charge is 0.490 e. The summed E-state index contributed by atoms with van der Waals surface area (Å²) < 4.78 is 80.0. The molecule has 7 nitrogen and oxygen atoms in total. The number of pyridine rings is 2. The molecule has 1 aromatic carbocycles. The van der Waals surface area contributed by atoms with Crippen molar-refractivity contribution >= 4 is 22.4 Å². The monoisotopic (exact) mass is 467 g/mol. The van der Waals surface area contributed by atoms with Crippen LogP contribution in [0.2, 0.25) is 0 Å². The number of carbonyl (C=O) groups is 1. The Morgan fingerprint density at radius 3 is 2.45 bits per heavy atom. The Labute approximate surface area is 179 Å². The Balaban J connectivity index is 1.81. The number of hydrogen-bond donors (Lipinski definition) is 2. The van der Waals surface area contributed by atoms with Gasteiger partial charge in [-0.1, -0.05) is 12.1 Å². The van der Waals surface area contributed by atoms with Gasteiger partial charge in [-0.25, -0.2) is 9.55 Å². The first kappa shape index (κ1) is 22.0. The van der Waals surface area contributed by atoms with Crippen LogP contribution >= 0.6 is 0 Å². The summed E-state index contributed by atoms with van der Waals surface area (Å²) >= 11 is 0. The van der Waals surface area contributed by atoms with Crippen molar-refractivity contribution in [2.45, 2.75) is 12.5 Å². The van der Waals surface area contributed by atoms with Crippen molar-refractivity contribution in [2.75, 3.05) is 5.32 Å². The predicted octanol–water partition coefficient (Wildman–Crippen LogP) is 4.53. The van der Waals surface area contributed by atoms with E-state index in [0.717, 1.165) is 12.3 Å². The lowest BCUT2D eigenvalue weighted by Gasteiger charge is -2.16. The van der Waals surface area contributed by atoms with Gasteiger partial charge in [0.15, 0.2) is 0 Å². The van der Waals surface area contributed by atoms with E-state index in [-0.39, 0.29) is 20.9 Å². The maximum atomic E-state index is 13.9. The Hall–Kier alpha value is -4.16. The van der Waals surface area contributed by atoms with Gasteiger partial charge in [0.2, 0.25) is 0 Å². The fourth-order valence-corrected chi connectivity index (χ4v) is 3.23. The zero-order valence-electron chi connectivity index (χ0n) is 16.1. The third-order valence-electron chi connectivity index (χ3n) is 4.61. The minimum Gasteiger partial charge on any atom is -0.329 e. The lowest BCUT2D eigenvalue weighted by Crippen LogP contribution is -2.26. The van der Waals surface area contributed by atoms with E-state index in [1.807, 2.05) is 5.32 Å². The van der Waals surface area contributed by atoms with Gasteiger partial charge in [-0.05, 0) is 29.7 Å². The fourth-order valence-electron chi connectivity index (χ4n) is 3.23. The molecule has 0 fully saturated rings. The third-order valence-corrected chi connectivity index (χ3v) is 4.61. The Kier molecular flexibility index (Phi) is 5.18. The standard InChI is InChI=1S/C20H11F6N5O2/c21-19(22,23)15-8-10(4-6-27-15)30-18(33)14-9-29-16(31(14)20(24,25)26)12-2-1-3-13-11(12)5-7-28-17(13)32/h1-9H,(H,28,32)(H,27,30,33). The maximum absolute atomic E-state index is 13.9. The minimum atomic E-state index is -5.11. The first-order valence-electron chi connectivity index (χ1n) is 9.07. The van der Waals surface area contributed by atoms with Gasteiger partial charge in [0.25, 0.3) is 11.5 Å². The van der Waals surface area contributed by atoms with Crippen molar-refractivity contribution in [3.8, 4) is 11.4 Å². The smallest absolute Gasteiger partial charge is 0.329 e. The summed E-state index contributed by atoms with van der Waals surface area (Å²) in [5, 5.41) is 2.27. The van der Waals surface area contributed by atoms with E-state index in [1.54, 1.807) is 0 Å². The predicted molar refractivity (Wildman–Crippen MR) is 104 cm³/mol. The van der Waals surface area contributed by atoms with E-state index >= 15 is 0 Å². The molecule has 0 aliphatic heterocycles. The minimum absolute atomic E-state index is 0.0711. The summed E-state index contributed by atoms with van der Waals surface area (Å²) in [6.07, 6.45) is -7.26. The molecule has 2 N–H and O–H groups in total. The number of imidazole rings is 1. The number of nitrogens with one attached hydrogen (secondary N) is 2. The van der Waals surface area contributed by atoms with E-state index in [1.165, 1.54) is 30.5 Å². The summed E-state index contributed by atoms with van der Waals surface area (Å²) in [7, 11) is 0. The summed E-state index contributed by atoms with van der Waals surface area (Å²) in [5.74, 6) is -2.02. The lowest BCUT2D eigenvalue weighted by atomic mass is 10.1. The number of alkyl halides is 6. The Morgan fingerprint density at radius 1 is 1.00 bits per heavy atom. The van der Waals surface area contributed by atoms with Gasteiger partial charge in [0.1, 0.15) is 17.2 Å². The van der Waals surface area contributed by atoms with E-state index in [2.05, 4.69) is 15.0 Å². The topological polar surface area (TPSA) is 92.7 Å². The highest BCUT2D eigenvalue weighted by molar-refractivity contribution is 6.04. The summed E-state index contributed by atoms with van der Waals surface area (Å²) in [5.41, 5.74) is -3.31. The van der Waals surface area contributed by atoms with E-state index in [4.69, 9.17) is 0 Å². The first-order valence-corrected chi connectivity index (χ1v) is 9.07. The molecule has 0 bridgehead atoms. The van der Waals surface area contributed by atoms with Crippen molar-refractivity contribution in [1.29, 1.82) is 0 Å². The number of nitrogens with zero attached hydrogens (tertiary/aromatic N) is 3. The number of hydrogen-bond acceptors (Lipinski definition) is 4. The number of aromatic amines is 1. The van der Waals surface area contributed by atoms with Crippen LogP contribution in [-0.4, -0.2) is 25.4 Å². The van der Waals surface area contributed by atoms with Gasteiger partial charge in [-0.2, -0.15) is 13.2 Å². The van der Waals surface area contributed by atoms with Crippen molar-refractivity contribution in [1.82, 2.24) is 19.5 Å². The van der Waals surface area contributed by atoms with Gasteiger partial charge >= 0.3 is 12.5 Å². The third kappa shape index (κ3) is 4.16. The second-order valence-corrected chi connectivity index (χ2v) is 6.73. The summed E-state index contributed by atoms with van der Waals surface area (Å²) in [4.78, 5) is 33.8. The number of carbonyl (C=O) groups excluding carboxylic acids is 1. The van der Waals surface area contributed by atoms with E-state index in [0.29, 0.717) is 12.3 Å². The second kappa shape index (κ2) is 7.76. The van der Waals surface area contributed by atoms with Gasteiger partial charge in [0.05, 0.1) is 6.20 Å². The molecule has 13 heteroatoms. The normalized spacial score (nSPS) is 12.2. The second-order valence-electron chi connectivity index (χ2n) is 6.73. The molecule has 0 aliphatic carbocycles. The van der Waals surface area contributed by atoms with Crippen LogP contribution in [0.3, 0.4) is 0 Å². The molecule has 0 spiro atoms. The molecule has 0 atom stereocenters. The zero-order valence-corrected chi connectivity index (χ0v) is 16.1. The first-order chi connectivity index (χ1) is 15.5. The van der Waals surface area contributed by atoms with Crippen LogP contribution < -0.4 is 10.9 Å². The fraction of sp³-hybridized carbons (Fsp3) is 0.100. The van der Waals surface area contributed by atoms with Crippen molar-refractivity contribution < 1.29 is 31.1 Å². The van der Waals surface area contributed by atoms with Crippen LogP contribution in [0.25, 0.3) is 22.2 Å². The molecular formula is C20H11F6N5O2. The van der Waals surface area contributed by atoms with Crippen LogP contribution in [0, 0.1) is 0 Å². The van der Waals surface area contributed by atoms with Crippen molar-refractivity contribution in [3.05, 3.63) is 76.7 Å². The van der Waals surface area contributed by atoms with Gasteiger partial charge < -0.3 is 10.3 Å². The summed E-state index contributed by atoms with van der Waals surface area (Å²) in [6.45, 7) is 0. The number of H-pyrrole nitrogens is 1. The van der Waals surface area contributed by atoms with Gasteiger partial charge in [0, 0.05) is 29.0 Å². The lowest BCUT2D eigenvalue weighted by molar-refractivity contribution is -0.203. The van der Waals surface area contributed by atoms with Crippen LogP contribution in [0.4, 0.5) is 32.0 Å². The quantitative estimate of drug-likeness (QED) is 0.433. The average molecular weight is 467 g/mol. The van der Waals surface area contributed by atoms with Crippen LogP contribution in [0.5, 0.6) is 0 Å². The molecule has 0 saturated heterocycles. The molecule has 4 rings (SSSR count). The zero-order chi connectivity index (χ0) is 24.0. The molecule has 0 aliphatic rings. The van der Waals surface area contributed by atoms with Crippen LogP contribution in [0.15, 0.2) is 59.8 Å². The molecular weight excluding hydrogens is 456 g/mol. The molecule has 33 heavy (non-hydrogen) atoms. The van der Waals surface area contributed by atoms with Gasteiger partial charge in [-0.3, -0.25) is 14.6 Å². The molecule has 1 amide bonds. The Bertz CT molecular complexity index is 1420. The number of amides is 1. The number of aromatic nitrogens is 4.